The molecule has 4 heterocycles. The van der Waals surface area contributed by atoms with Crippen LogP contribution in [-0.4, -0.2) is 50.0 Å². The molecule has 1 aliphatic rings. The Morgan fingerprint density at radius 1 is 1.21 bits per heavy atom. The van der Waals surface area contributed by atoms with E-state index in [9.17, 15) is 4.79 Å². The van der Waals surface area contributed by atoms with Crippen molar-refractivity contribution in [3.05, 3.63) is 65.1 Å². The molecular formula is C25H28N6O2S. The first-order chi connectivity index (χ1) is 16.5. The number of rotatable bonds is 6. The van der Waals surface area contributed by atoms with Crippen LogP contribution in [0, 0.1) is 6.92 Å². The number of nitrogens with one attached hydrogen (secondary N) is 1. The summed E-state index contributed by atoms with van der Waals surface area (Å²) in [4.78, 5) is 30.2. The Morgan fingerprint density at radius 2 is 2.06 bits per heavy atom. The normalized spacial score (nSPS) is 16.4. The van der Waals surface area contributed by atoms with Gasteiger partial charge in [0.15, 0.2) is 5.13 Å². The molecule has 0 spiro atoms. The SMILES string of the molecule is Cc1cnc(Nc2cccc(C3CN(C(=O)Cn4c(C(C)C)nc5ccccc54)CCO3)n2)s1. The van der Waals surface area contributed by atoms with Crippen molar-refractivity contribution < 1.29 is 9.53 Å². The Balaban J connectivity index is 1.31. The molecule has 9 heteroatoms. The zero-order valence-electron chi connectivity index (χ0n) is 19.6. The van der Waals surface area contributed by atoms with Crippen LogP contribution in [0.3, 0.4) is 0 Å². The number of carbonyl (C=O) groups excluding carboxylic acids is 1. The van der Waals surface area contributed by atoms with Crippen LogP contribution < -0.4 is 5.32 Å². The average Bonchev–Trinajstić information content (AvgIpc) is 3.42. The summed E-state index contributed by atoms with van der Waals surface area (Å²) < 4.78 is 8.05. The standard InChI is InChI=1S/C25H28N6O2S/c1-16(2)24-28-18-7-4-5-9-20(18)31(24)15-23(32)30-11-12-33-21(14-30)19-8-6-10-22(27-19)29-25-26-13-17(3)34-25/h4-10,13,16,21H,11-12,14-15H2,1-3H3,(H,26,27,29). The highest BCUT2D eigenvalue weighted by atomic mass is 32.1. The van der Waals surface area contributed by atoms with Crippen molar-refractivity contribution in [2.24, 2.45) is 0 Å². The predicted molar refractivity (Wildman–Crippen MR) is 133 cm³/mol. The second-order valence-corrected chi connectivity index (χ2v) is 9.98. The van der Waals surface area contributed by atoms with Crippen molar-refractivity contribution in [3.63, 3.8) is 0 Å². The molecular weight excluding hydrogens is 448 g/mol. The van der Waals surface area contributed by atoms with Crippen LogP contribution in [-0.2, 0) is 16.1 Å². The zero-order valence-corrected chi connectivity index (χ0v) is 20.4. The summed E-state index contributed by atoms with van der Waals surface area (Å²) in [5.41, 5.74) is 2.71. The van der Waals surface area contributed by atoms with Gasteiger partial charge in [0.1, 0.15) is 24.3 Å². The fraction of sp³-hybridized carbons (Fsp3) is 0.360. The number of imidazole rings is 1. The van der Waals surface area contributed by atoms with Gasteiger partial charge in [-0.15, -0.1) is 11.3 Å². The molecule has 1 fully saturated rings. The van der Waals surface area contributed by atoms with Crippen LogP contribution >= 0.6 is 11.3 Å². The Morgan fingerprint density at radius 3 is 2.85 bits per heavy atom. The molecule has 0 radical (unpaired) electrons. The van der Waals surface area contributed by atoms with Crippen LogP contribution in [0.2, 0.25) is 0 Å². The first-order valence-electron chi connectivity index (χ1n) is 11.5. The molecule has 176 valence electrons. The molecule has 1 N–H and O–H groups in total. The monoisotopic (exact) mass is 476 g/mol. The highest BCUT2D eigenvalue weighted by Crippen LogP contribution is 2.26. The van der Waals surface area contributed by atoms with Gasteiger partial charge in [0, 0.05) is 23.5 Å². The van der Waals surface area contributed by atoms with E-state index in [1.54, 1.807) is 11.3 Å². The van der Waals surface area contributed by atoms with E-state index in [2.05, 4.69) is 24.1 Å². The smallest absolute Gasteiger partial charge is 0.242 e. The molecule has 4 aromatic rings. The lowest BCUT2D eigenvalue weighted by atomic mass is 10.1. The van der Waals surface area contributed by atoms with Crippen LogP contribution in [0.1, 0.15) is 42.3 Å². The number of morpholine rings is 1. The van der Waals surface area contributed by atoms with E-state index in [1.807, 2.05) is 65.1 Å². The summed E-state index contributed by atoms with van der Waals surface area (Å²) in [5, 5.41) is 4.05. The zero-order chi connectivity index (χ0) is 23.7. The van der Waals surface area contributed by atoms with Crippen molar-refractivity contribution >= 4 is 39.2 Å². The summed E-state index contributed by atoms with van der Waals surface area (Å²) in [6, 6.07) is 13.8. The third kappa shape index (κ3) is 4.67. The van der Waals surface area contributed by atoms with E-state index in [0.29, 0.717) is 25.5 Å². The van der Waals surface area contributed by atoms with Gasteiger partial charge >= 0.3 is 0 Å². The minimum absolute atomic E-state index is 0.0610. The molecule has 1 aliphatic heterocycles. The van der Waals surface area contributed by atoms with Gasteiger partial charge in [-0.1, -0.05) is 32.0 Å². The fourth-order valence-electron chi connectivity index (χ4n) is 4.21. The van der Waals surface area contributed by atoms with Gasteiger partial charge in [-0.2, -0.15) is 0 Å². The van der Waals surface area contributed by atoms with E-state index in [-0.39, 0.29) is 24.5 Å². The molecule has 5 rings (SSSR count). The third-order valence-corrected chi connectivity index (χ3v) is 6.70. The van der Waals surface area contributed by atoms with Gasteiger partial charge < -0.3 is 19.5 Å². The van der Waals surface area contributed by atoms with E-state index < -0.39 is 0 Å². The average molecular weight is 477 g/mol. The Kier molecular flexibility index (Phi) is 6.30. The van der Waals surface area contributed by atoms with E-state index >= 15 is 0 Å². The lowest BCUT2D eigenvalue weighted by Gasteiger charge is -2.33. The first-order valence-corrected chi connectivity index (χ1v) is 12.3. The number of nitrogens with zero attached hydrogens (tertiary/aromatic N) is 5. The van der Waals surface area contributed by atoms with Crippen LogP contribution in [0.25, 0.3) is 11.0 Å². The summed E-state index contributed by atoms with van der Waals surface area (Å²) in [6.07, 6.45) is 1.56. The molecule has 34 heavy (non-hydrogen) atoms. The van der Waals surface area contributed by atoms with E-state index in [1.165, 1.54) is 0 Å². The lowest BCUT2D eigenvalue weighted by molar-refractivity contribution is -0.139. The summed E-state index contributed by atoms with van der Waals surface area (Å²) in [6.45, 7) is 8.00. The van der Waals surface area contributed by atoms with E-state index in [0.717, 1.165) is 32.6 Å². The van der Waals surface area contributed by atoms with Crippen molar-refractivity contribution in [1.29, 1.82) is 0 Å². The molecule has 1 amide bonds. The predicted octanol–water partition coefficient (Wildman–Crippen LogP) is 4.66. The number of benzene rings is 1. The Bertz CT molecular complexity index is 1310. The summed E-state index contributed by atoms with van der Waals surface area (Å²) in [7, 11) is 0. The van der Waals surface area contributed by atoms with Crippen molar-refractivity contribution in [1.82, 2.24) is 24.4 Å². The van der Waals surface area contributed by atoms with Crippen LogP contribution in [0.4, 0.5) is 10.9 Å². The number of pyridine rings is 1. The molecule has 0 aliphatic carbocycles. The number of aryl methyl sites for hydroxylation is 1. The van der Waals surface area contributed by atoms with Crippen molar-refractivity contribution in [2.75, 3.05) is 25.0 Å². The van der Waals surface area contributed by atoms with Gasteiger partial charge in [0.25, 0.3) is 0 Å². The molecule has 1 atom stereocenters. The Hall–Kier alpha value is -3.30. The van der Waals surface area contributed by atoms with Gasteiger partial charge in [-0.3, -0.25) is 4.79 Å². The molecule has 8 nitrogen and oxygen atoms in total. The van der Waals surface area contributed by atoms with E-state index in [4.69, 9.17) is 14.7 Å². The highest BCUT2D eigenvalue weighted by Gasteiger charge is 2.27. The number of para-hydroxylation sites is 2. The maximum Gasteiger partial charge on any atom is 0.242 e. The molecule has 1 unspecified atom stereocenters. The topological polar surface area (TPSA) is 85.2 Å². The number of aromatic nitrogens is 4. The second-order valence-electron chi connectivity index (χ2n) is 8.75. The molecule has 1 saturated heterocycles. The third-order valence-electron chi connectivity index (χ3n) is 5.87. The molecule has 1 aromatic carbocycles. The number of hydrogen-bond acceptors (Lipinski definition) is 7. The van der Waals surface area contributed by atoms with Gasteiger partial charge in [0.2, 0.25) is 5.91 Å². The second kappa shape index (κ2) is 9.52. The summed E-state index contributed by atoms with van der Waals surface area (Å²) in [5.74, 6) is 1.92. The number of hydrogen-bond donors (Lipinski definition) is 1. The van der Waals surface area contributed by atoms with Crippen LogP contribution in [0.15, 0.2) is 48.7 Å². The number of ether oxygens (including phenoxy) is 1. The number of thiazole rings is 1. The van der Waals surface area contributed by atoms with Gasteiger partial charge in [-0.05, 0) is 31.2 Å². The fourth-order valence-corrected chi connectivity index (χ4v) is 4.88. The van der Waals surface area contributed by atoms with Crippen LogP contribution in [0.5, 0.6) is 0 Å². The maximum atomic E-state index is 13.4. The highest BCUT2D eigenvalue weighted by molar-refractivity contribution is 7.15. The quantitative estimate of drug-likeness (QED) is 0.436. The maximum absolute atomic E-state index is 13.4. The van der Waals surface area contributed by atoms with Gasteiger partial charge in [0.05, 0.1) is 29.9 Å². The largest absolute Gasteiger partial charge is 0.368 e. The van der Waals surface area contributed by atoms with Crippen molar-refractivity contribution in [3.8, 4) is 0 Å². The molecule has 0 saturated carbocycles. The first kappa shape index (κ1) is 22.5. The number of carbonyl (C=O) groups is 1. The van der Waals surface area contributed by atoms with Gasteiger partial charge in [-0.25, -0.2) is 15.0 Å². The number of fused-ring (bicyclic) bond motifs is 1. The number of amides is 1. The molecule has 3 aromatic heterocycles. The number of anilines is 2. The Labute approximate surface area is 202 Å². The minimum Gasteiger partial charge on any atom is -0.368 e. The lowest BCUT2D eigenvalue weighted by Crippen LogP contribution is -2.44. The van der Waals surface area contributed by atoms with Crippen molar-refractivity contribution in [2.45, 2.75) is 39.3 Å². The minimum atomic E-state index is -0.276. The molecule has 0 bridgehead atoms. The summed E-state index contributed by atoms with van der Waals surface area (Å²) >= 11 is 1.58.